The van der Waals surface area contributed by atoms with E-state index in [0.717, 1.165) is 0 Å². The number of aromatic nitrogens is 1. The van der Waals surface area contributed by atoms with E-state index in [-0.39, 0.29) is 23.2 Å². The molecular weight excluding hydrogens is 375 g/mol. The molecule has 0 unspecified atom stereocenters. The van der Waals surface area contributed by atoms with Crippen LogP contribution >= 0.6 is 0 Å². The third kappa shape index (κ3) is 4.21. The van der Waals surface area contributed by atoms with Crippen molar-refractivity contribution in [1.29, 1.82) is 0 Å². The van der Waals surface area contributed by atoms with Crippen LogP contribution in [0.1, 0.15) is 13.3 Å². The molecule has 0 aliphatic rings. The lowest BCUT2D eigenvalue weighted by Gasteiger charge is -2.03. The summed E-state index contributed by atoms with van der Waals surface area (Å²) in [6.45, 7) is 1.62. The van der Waals surface area contributed by atoms with Gasteiger partial charge in [-0.3, -0.25) is 4.79 Å². The number of nitrogens with zero attached hydrogens (tertiary/aromatic N) is 1. The van der Waals surface area contributed by atoms with Gasteiger partial charge in [-0.15, -0.1) is 0 Å². The summed E-state index contributed by atoms with van der Waals surface area (Å²) in [5.74, 6) is -0.703. The van der Waals surface area contributed by atoms with E-state index in [0.29, 0.717) is 16.8 Å². The van der Waals surface area contributed by atoms with Crippen LogP contribution in [0.3, 0.4) is 0 Å². The number of hydrogen-bond acceptors (Lipinski definition) is 6. The molecule has 27 heavy (non-hydrogen) atoms. The fraction of sp³-hybridized carbons (Fsp3) is 0.111. The van der Waals surface area contributed by atoms with Gasteiger partial charge in [-0.2, -0.15) is 4.98 Å². The molecule has 1 aromatic heterocycles. The van der Waals surface area contributed by atoms with Crippen molar-refractivity contribution in [2.75, 3.05) is 0 Å². The lowest BCUT2D eigenvalue weighted by atomic mass is 10.1. The lowest BCUT2D eigenvalue weighted by Crippen LogP contribution is -2.11. The minimum absolute atomic E-state index is 0.0595. The number of rotatable bonds is 5. The van der Waals surface area contributed by atoms with Crippen LogP contribution in [0, 0.1) is 5.82 Å². The van der Waals surface area contributed by atoms with Crippen LogP contribution in [0.15, 0.2) is 57.8 Å². The van der Waals surface area contributed by atoms with Gasteiger partial charge in [0.25, 0.3) is 0 Å². The number of benzene rings is 2. The number of hydrogen-bond donors (Lipinski definition) is 1. The standard InChI is InChI=1S/C18H15FN2O5S/c1-2-15(22)25-18-21-16(11-5-9-14(10-6-11)27(20,23)24)17(26-18)12-3-7-13(19)8-4-12/h3-10H,2H2,1H3,(H2,20,23,24). The van der Waals surface area contributed by atoms with Crippen LogP contribution in [-0.4, -0.2) is 19.4 Å². The molecule has 0 saturated carbocycles. The van der Waals surface area contributed by atoms with Gasteiger partial charge in [0, 0.05) is 17.5 Å². The summed E-state index contributed by atoms with van der Waals surface area (Å²) >= 11 is 0. The molecule has 0 saturated heterocycles. The first-order valence-electron chi connectivity index (χ1n) is 7.88. The monoisotopic (exact) mass is 390 g/mol. The van der Waals surface area contributed by atoms with E-state index in [2.05, 4.69) is 4.98 Å². The average Bonchev–Trinajstić information content (AvgIpc) is 3.05. The molecule has 0 spiro atoms. The Morgan fingerprint density at radius 2 is 1.70 bits per heavy atom. The number of carbonyl (C=O) groups excluding carboxylic acids is 1. The molecule has 0 bridgehead atoms. The van der Waals surface area contributed by atoms with E-state index < -0.39 is 21.8 Å². The highest BCUT2D eigenvalue weighted by Gasteiger charge is 2.20. The zero-order valence-corrected chi connectivity index (χ0v) is 15.0. The Balaban J connectivity index is 2.09. The Morgan fingerprint density at radius 1 is 1.11 bits per heavy atom. The summed E-state index contributed by atoms with van der Waals surface area (Å²) in [6.07, 6.45) is -0.126. The van der Waals surface area contributed by atoms with Crippen molar-refractivity contribution in [2.24, 2.45) is 5.14 Å². The van der Waals surface area contributed by atoms with Crippen molar-refractivity contribution in [3.8, 4) is 28.7 Å². The zero-order chi connectivity index (χ0) is 19.6. The molecule has 0 aliphatic heterocycles. The first-order chi connectivity index (χ1) is 12.8. The number of carbonyl (C=O) groups is 1. The number of halogens is 1. The first kappa shape index (κ1) is 18.7. The van der Waals surface area contributed by atoms with Crippen LogP contribution in [-0.2, 0) is 14.8 Å². The van der Waals surface area contributed by atoms with Crippen molar-refractivity contribution in [1.82, 2.24) is 4.98 Å². The zero-order valence-electron chi connectivity index (χ0n) is 14.2. The Morgan fingerprint density at radius 3 is 2.26 bits per heavy atom. The highest BCUT2D eigenvalue weighted by atomic mass is 32.2. The van der Waals surface area contributed by atoms with E-state index in [1.165, 1.54) is 48.5 Å². The maximum absolute atomic E-state index is 13.2. The van der Waals surface area contributed by atoms with Gasteiger partial charge < -0.3 is 9.15 Å². The van der Waals surface area contributed by atoms with Gasteiger partial charge >= 0.3 is 12.0 Å². The fourth-order valence-corrected chi connectivity index (χ4v) is 2.82. The number of sulfonamides is 1. The predicted octanol–water partition coefficient (Wildman–Crippen LogP) is 3.11. The van der Waals surface area contributed by atoms with Crippen molar-refractivity contribution in [2.45, 2.75) is 18.2 Å². The molecule has 0 amide bonds. The molecule has 0 fully saturated rings. The summed E-state index contributed by atoms with van der Waals surface area (Å²) < 4.78 is 46.6. The molecule has 140 valence electrons. The Bertz CT molecular complexity index is 1070. The van der Waals surface area contributed by atoms with Crippen molar-refractivity contribution < 1.29 is 26.8 Å². The first-order valence-corrected chi connectivity index (χ1v) is 9.43. The summed E-state index contributed by atoms with van der Waals surface area (Å²) in [5.41, 5.74) is 1.32. The Labute approximate surface area is 154 Å². The molecule has 9 heteroatoms. The average molecular weight is 390 g/mol. The number of ether oxygens (including phenoxy) is 1. The maximum Gasteiger partial charge on any atom is 0.402 e. The van der Waals surface area contributed by atoms with Crippen LogP contribution in [0.2, 0.25) is 0 Å². The van der Waals surface area contributed by atoms with Crippen molar-refractivity contribution >= 4 is 16.0 Å². The molecule has 0 atom stereocenters. The highest BCUT2D eigenvalue weighted by molar-refractivity contribution is 7.89. The van der Waals surface area contributed by atoms with E-state index in [9.17, 15) is 17.6 Å². The van der Waals surface area contributed by atoms with Crippen LogP contribution in [0.5, 0.6) is 6.08 Å². The number of oxazole rings is 1. The molecule has 0 radical (unpaired) electrons. The molecule has 3 rings (SSSR count). The largest absolute Gasteiger partial charge is 0.408 e. The van der Waals surface area contributed by atoms with Crippen LogP contribution in [0.4, 0.5) is 4.39 Å². The molecule has 2 aromatic carbocycles. The van der Waals surface area contributed by atoms with Gasteiger partial charge in [0.05, 0.1) is 4.90 Å². The second-order valence-electron chi connectivity index (χ2n) is 5.56. The van der Waals surface area contributed by atoms with E-state index >= 15 is 0 Å². The van der Waals surface area contributed by atoms with Gasteiger partial charge in [-0.05, 0) is 36.4 Å². The van der Waals surface area contributed by atoms with Gasteiger partial charge in [0.2, 0.25) is 10.0 Å². The Kier molecular flexibility index (Phi) is 5.06. The summed E-state index contributed by atoms with van der Waals surface area (Å²) in [5, 5.41) is 5.10. The third-order valence-corrected chi connectivity index (χ3v) is 4.59. The summed E-state index contributed by atoms with van der Waals surface area (Å²) in [6, 6.07) is 11.1. The van der Waals surface area contributed by atoms with Gasteiger partial charge in [0.15, 0.2) is 5.76 Å². The minimum Gasteiger partial charge on any atom is -0.408 e. The van der Waals surface area contributed by atoms with E-state index in [1.807, 2.05) is 0 Å². The summed E-state index contributed by atoms with van der Waals surface area (Å²) in [7, 11) is -3.84. The maximum atomic E-state index is 13.2. The molecular formula is C18H15FN2O5S. The lowest BCUT2D eigenvalue weighted by molar-refractivity contribution is -0.135. The molecule has 3 aromatic rings. The molecule has 2 N–H and O–H groups in total. The molecule has 1 heterocycles. The van der Waals surface area contributed by atoms with E-state index in [4.69, 9.17) is 14.3 Å². The van der Waals surface area contributed by atoms with Crippen molar-refractivity contribution in [3.63, 3.8) is 0 Å². The fourth-order valence-electron chi connectivity index (χ4n) is 2.31. The SMILES string of the molecule is CCC(=O)Oc1nc(-c2ccc(S(N)(=O)=O)cc2)c(-c2ccc(F)cc2)o1. The normalized spacial score (nSPS) is 11.4. The van der Waals surface area contributed by atoms with Crippen LogP contribution in [0.25, 0.3) is 22.6 Å². The summed E-state index contributed by atoms with van der Waals surface area (Å²) in [4.78, 5) is 15.6. The predicted molar refractivity (Wildman–Crippen MR) is 94.6 cm³/mol. The quantitative estimate of drug-likeness (QED) is 0.670. The Hall–Kier alpha value is -3.04. The smallest absolute Gasteiger partial charge is 0.402 e. The van der Waals surface area contributed by atoms with Crippen LogP contribution < -0.4 is 9.88 Å². The van der Waals surface area contributed by atoms with Gasteiger partial charge in [-0.1, -0.05) is 19.1 Å². The highest BCUT2D eigenvalue weighted by Crippen LogP contribution is 2.35. The second kappa shape index (κ2) is 7.29. The topological polar surface area (TPSA) is 112 Å². The van der Waals surface area contributed by atoms with Crippen molar-refractivity contribution in [3.05, 3.63) is 54.3 Å². The number of primary sulfonamides is 1. The van der Waals surface area contributed by atoms with Gasteiger partial charge in [-0.25, -0.2) is 17.9 Å². The number of nitrogens with two attached hydrogens (primary N) is 1. The van der Waals surface area contributed by atoms with E-state index in [1.54, 1.807) is 6.92 Å². The number of esters is 1. The second-order valence-corrected chi connectivity index (χ2v) is 7.12. The molecule has 7 nitrogen and oxygen atoms in total. The third-order valence-electron chi connectivity index (χ3n) is 3.66. The van der Waals surface area contributed by atoms with Gasteiger partial charge in [0.1, 0.15) is 11.5 Å². The minimum atomic E-state index is -3.84. The molecule has 0 aliphatic carbocycles.